The standard InChI is InChI=1S/C15H13N.C2H6/c1-12(11-16)13-7-9-15(10-8-13)14-5-3-2-4-6-14;1-2/h2-10,12H,1H3;1-2H3. The van der Waals surface area contributed by atoms with Crippen LogP contribution in [0, 0.1) is 11.3 Å². The van der Waals surface area contributed by atoms with Crippen LogP contribution in [-0.4, -0.2) is 0 Å². The van der Waals surface area contributed by atoms with E-state index in [1.165, 1.54) is 11.1 Å². The van der Waals surface area contributed by atoms with Gasteiger partial charge in [0.15, 0.2) is 0 Å². The lowest BCUT2D eigenvalue weighted by molar-refractivity contribution is 0.982. The fraction of sp³-hybridized carbons (Fsp3) is 0.235. The molecule has 0 saturated carbocycles. The van der Waals surface area contributed by atoms with Gasteiger partial charge in [-0.2, -0.15) is 5.26 Å². The molecular formula is C17H19N. The number of hydrogen-bond donors (Lipinski definition) is 0. The van der Waals surface area contributed by atoms with Crippen LogP contribution < -0.4 is 0 Å². The number of hydrogen-bond acceptors (Lipinski definition) is 1. The summed E-state index contributed by atoms with van der Waals surface area (Å²) in [5.74, 6) is -0.0372. The summed E-state index contributed by atoms with van der Waals surface area (Å²) in [4.78, 5) is 0. The van der Waals surface area contributed by atoms with Gasteiger partial charge in [0, 0.05) is 0 Å². The van der Waals surface area contributed by atoms with Crippen molar-refractivity contribution in [1.29, 1.82) is 5.26 Å². The zero-order valence-electron chi connectivity index (χ0n) is 11.2. The molecule has 0 amide bonds. The van der Waals surface area contributed by atoms with E-state index in [4.69, 9.17) is 5.26 Å². The summed E-state index contributed by atoms with van der Waals surface area (Å²) in [6.45, 7) is 5.91. The Labute approximate surface area is 110 Å². The molecule has 0 fully saturated rings. The molecule has 18 heavy (non-hydrogen) atoms. The Kier molecular flexibility index (Phi) is 5.67. The van der Waals surface area contributed by atoms with Gasteiger partial charge in [0.1, 0.15) is 0 Å². The van der Waals surface area contributed by atoms with Crippen molar-refractivity contribution in [3.8, 4) is 17.2 Å². The molecule has 2 aromatic carbocycles. The van der Waals surface area contributed by atoms with Gasteiger partial charge in [0.05, 0.1) is 12.0 Å². The van der Waals surface area contributed by atoms with Gasteiger partial charge in [-0.15, -0.1) is 0 Å². The van der Waals surface area contributed by atoms with E-state index in [0.29, 0.717) is 0 Å². The van der Waals surface area contributed by atoms with E-state index in [0.717, 1.165) is 5.56 Å². The van der Waals surface area contributed by atoms with Crippen molar-refractivity contribution in [2.45, 2.75) is 26.7 Å². The van der Waals surface area contributed by atoms with Gasteiger partial charge in [-0.1, -0.05) is 68.4 Å². The third kappa shape index (κ3) is 3.46. The molecule has 0 aliphatic rings. The molecule has 1 unspecified atom stereocenters. The highest BCUT2D eigenvalue weighted by Gasteiger charge is 2.03. The van der Waals surface area contributed by atoms with Gasteiger partial charge in [-0.25, -0.2) is 0 Å². The van der Waals surface area contributed by atoms with Crippen LogP contribution in [0.2, 0.25) is 0 Å². The fourth-order valence-corrected chi connectivity index (χ4v) is 1.67. The summed E-state index contributed by atoms with van der Waals surface area (Å²) in [6, 6.07) is 20.7. The molecule has 0 spiro atoms. The van der Waals surface area contributed by atoms with Crippen molar-refractivity contribution in [1.82, 2.24) is 0 Å². The Bertz CT molecular complexity index is 491. The Morgan fingerprint density at radius 1 is 0.833 bits per heavy atom. The summed E-state index contributed by atoms with van der Waals surface area (Å²) in [7, 11) is 0. The van der Waals surface area contributed by atoms with E-state index in [1.807, 2.05) is 51.1 Å². The molecule has 0 radical (unpaired) electrons. The maximum atomic E-state index is 8.82. The normalized spacial score (nSPS) is 10.8. The lowest BCUT2D eigenvalue weighted by Crippen LogP contribution is -1.88. The van der Waals surface area contributed by atoms with Crippen molar-refractivity contribution >= 4 is 0 Å². The third-order valence-electron chi connectivity index (χ3n) is 2.71. The van der Waals surface area contributed by atoms with E-state index < -0.39 is 0 Å². The minimum Gasteiger partial charge on any atom is -0.198 e. The quantitative estimate of drug-likeness (QED) is 0.720. The van der Waals surface area contributed by atoms with Gasteiger partial charge < -0.3 is 0 Å². The van der Waals surface area contributed by atoms with E-state index in [-0.39, 0.29) is 5.92 Å². The Hall–Kier alpha value is -2.07. The first-order valence-corrected chi connectivity index (χ1v) is 6.36. The minimum atomic E-state index is -0.0372. The van der Waals surface area contributed by atoms with Crippen LogP contribution in [0.3, 0.4) is 0 Å². The number of nitriles is 1. The first-order valence-electron chi connectivity index (χ1n) is 6.36. The van der Waals surface area contributed by atoms with Gasteiger partial charge in [0.2, 0.25) is 0 Å². The average Bonchev–Trinajstić information content (AvgIpc) is 2.49. The molecule has 0 saturated heterocycles. The monoisotopic (exact) mass is 237 g/mol. The zero-order chi connectivity index (χ0) is 13.4. The topological polar surface area (TPSA) is 23.8 Å². The summed E-state index contributed by atoms with van der Waals surface area (Å²) in [5.41, 5.74) is 3.47. The minimum absolute atomic E-state index is 0.0372. The molecule has 2 aromatic rings. The maximum absolute atomic E-state index is 8.82. The van der Waals surface area contributed by atoms with Crippen LogP contribution in [-0.2, 0) is 0 Å². The Balaban J connectivity index is 0.000000771. The van der Waals surface area contributed by atoms with Crippen LogP contribution >= 0.6 is 0 Å². The highest BCUT2D eigenvalue weighted by molar-refractivity contribution is 5.63. The molecule has 0 aliphatic heterocycles. The van der Waals surface area contributed by atoms with Gasteiger partial charge in [0.25, 0.3) is 0 Å². The highest BCUT2D eigenvalue weighted by atomic mass is 14.3. The first kappa shape index (κ1) is 14.0. The maximum Gasteiger partial charge on any atom is 0.0700 e. The SMILES string of the molecule is CC.CC(C#N)c1ccc(-c2ccccc2)cc1. The van der Waals surface area contributed by atoms with Gasteiger partial charge in [-0.05, 0) is 23.6 Å². The molecule has 0 N–H and O–H groups in total. The molecule has 0 heterocycles. The predicted octanol–water partition coefficient (Wildman–Crippen LogP) is 5.01. The average molecular weight is 237 g/mol. The zero-order valence-corrected chi connectivity index (χ0v) is 11.2. The molecule has 1 atom stereocenters. The number of benzene rings is 2. The van der Waals surface area contributed by atoms with Gasteiger partial charge >= 0.3 is 0 Å². The van der Waals surface area contributed by atoms with Crippen molar-refractivity contribution < 1.29 is 0 Å². The van der Waals surface area contributed by atoms with Crippen molar-refractivity contribution in [3.05, 3.63) is 60.2 Å². The molecule has 1 nitrogen and oxygen atoms in total. The Morgan fingerprint density at radius 2 is 1.33 bits per heavy atom. The smallest absolute Gasteiger partial charge is 0.0700 e. The molecular weight excluding hydrogens is 218 g/mol. The predicted molar refractivity (Wildman–Crippen MR) is 77.3 cm³/mol. The van der Waals surface area contributed by atoms with Crippen molar-refractivity contribution in [2.75, 3.05) is 0 Å². The number of nitrogens with zero attached hydrogens (tertiary/aromatic N) is 1. The summed E-state index contributed by atoms with van der Waals surface area (Å²) in [6.07, 6.45) is 0. The lowest BCUT2D eigenvalue weighted by Gasteiger charge is -2.05. The van der Waals surface area contributed by atoms with E-state index in [9.17, 15) is 0 Å². The number of rotatable bonds is 2. The second-order valence-electron chi connectivity index (χ2n) is 3.84. The van der Waals surface area contributed by atoms with E-state index in [2.05, 4.69) is 30.3 Å². The molecule has 2 rings (SSSR count). The van der Waals surface area contributed by atoms with Crippen LogP contribution in [0.5, 0.6) is 0 Å². The van der Waals surface area contributed by atoms with Gasteiger partial charge in [-0.3, -0.25) is 0 Å². The molecule has 0 aromatic heterocycles. The second kappa shape index (κ2) is 7.29. The second-order valence-corrected chi connectivity index (χ2v) is 3.84. The largest absolute Gasteiger partial charge is 0.198 e. The summed E-state index contributed by atoms with van der Waals surface area (Å²) in [5, 5.41) is 8.82. The third-order valence-corrected chi connectivity index (χ3v) is 2.71. The fourth-order valence-electron chi connectivity index (χ4n) is 1.67. The first-order chi connectivity index (χ1) is 8.81. The van der Waals surface area contributed by atoms with Crippen LogP contribution in [0.15, 0.2) is 54.6 Å². The van der Waals surface area contributed by atoms with E-state index >= 15 is 0 Å². The Morgan fingerprint density at radius 3 is 1.83 bits per heavy atom. The lowest BCUT2D eigenvalue weighted by atomic mass is 9.98. The highest BCUT2D eigenvalue weighted by Crippen LogP contribution is 2.22. The molecule has 1 heteroatoms. The summed E-state index contributed by atoms with van der Waals surface area (Å²) < 4.78 is 0. The molecule has 92 valence electrons. The van der Waals surface area contributed by atoms with Crippen LogP contribution in [0.4, 0.5) is 0 Å². The molecule has 0 aliphatic carbocycles. The van der Waals surface area contributed by atoms with Crippen LogP contribution in [0.1, 0.15) is 32.3 Å². The van der Waals surface area contributed by atoms with E-state index in [1.54, 1.807) is 0 Å². The van der Waals surface area contributed by atoms with Crippen LogP contribution in [0.25, 0.3) is 11.1 Å². The molecule has 0 bridgehead atoms. The van der Waals surface area contributed by atoms with Crippen molar-refractivity contribution in [2.24, 2.45) is 0 Å². The van der Waals surface area contributed by atoms with Crippen molar-refractivity contribution in [3.63, 3.8) is 0 Å². The summed E-state index contributed by atoms with van der Waals surface area (Å²) >= 11 is 0.